The Morgan fingerprint density at radius 3 is 2.36 bits per heavy atom. The Labute approximate surface area is 192 Å². The standard InChI is InChI=1S/C27H26N2O4/c30-24-17-22(27(33-24)15-4-1-5-16-27)26(32)28-20-13-11-19(12-14-20)25(31)29-23-10-6-8-18-7-2-3-9-21(18)23/h2-3,6-14,22H,1,4-5,15-17H2,(H,28,32)(H,29,31)/t22-/m1/s1. The van der Waals surface area contributed by atoms with E-state index in [0.29, 0.717) is 11.3 Å². The topological polar surface area (TPSA) is 84.5 Å². The molecule has 0 bridgehead atoms. The van der Waals surface area contributed by atoms with Crippen LogP contribution in [0.4, 0.5) is 11.4 Å². The van der Waals surface area contributed by atoms with E-state index in [4.69, 9.17) is 4.74 Å². The van der Waals surface area contributed by atoms with E-state index < -0.39 is 11.5 Å². The normalized spacial score (nSPS) is 19.3. The Bertz CT molecular complexity index is 1210. The van der Waals surface area contributed by atoms with Gasteiger partial charge in [0.2, 0.25) is 5.91 Å². The fourth-order valence-electron chi connectivity index (χ4n) is 5.09. The molecule has 33 heavy (non-hydrogen) atoms. The van der Waals surface area contributed by atoms with Gasteiger partial charge in [-0.05, 0) is 61.4 Å². The van der Waals surface area contributed by atoms with E-state index in [1.165, 1.54) is 0 Å². The summed E-state index contributed by atoms with van der Waals surface area (Å²) in [6.45, 7) is 0. The third kappa shape index (κ3) is 4.21. The quantitative estimate of drug-likeness (QED) is 0.537. The van der Waals surface area contributed by atoms with E-state index in [1.807, 2.05) is 42.5 Å². The maximum absolute atomic E-state index is 13.0. The van der Waals surface area contributed by atoms with Crippen molar-refractivity contribution < 1.29 is 19.1 Å². The van der Waals surface area contributed by atoms with E-state index in [0.717, 1.165) is 48.6 Å². The van der Waals surface area contributed by atoms with E-state index in [1.54, 1.807) is 24.3 Å². The molecule has 5 rings (SSSR count). The van der Waals surface area contributed by atoms with Gasteiger partial charge in [-0.2, -0.15) is 0 Å². The number of nitrogens with one attached hydrogen (secondary N) is 2. The van der Waals surface area contributed by atoms with Crippen LogP contribution in [0.2, 0.25) is 0 Å². The molecule has 2 N–H and O–H groups in total. The Balaban J connectivity index is 1.27. The first-order valence-corrected chi connectivity index (χ1v) is 11.5. The second-order valence-corrected chi connectivity index (χ2v) is 8.90. The summed E-state index contributed by atoms with van der Waals surface area (Å²) >= 11 is 0. The number of hydrogen-bond acceptors (Lipinski definition) is 4. The van der Waals surface area contributed by atoms with Gasteiger partial charge in [0, 0.05) is 22.3 Å². The molecule has 2 fully saturated rings. The SMILES string of the molecule is O=C1C[C@H](C(=O)Nc2ccc(C(=O)Nc3cccc4ccccc34)cc2)C2(CCCCC2)O1. The van der Waals surface area contributed by atoms with Crippen molar-refractivity contribution in [3.63, 3.8) is 0 Å². The van der Waals surface area contributed by atoms with Crippen molar-refractivity contribution in [3.8, 4) is 0 Å². The van der Waals surface area contributed by atoms with Crippen LogP contribution in [0, 0.1) is 5.92 Å². The number of amides is 2. The summed E-state index contributed by atoms with van der Waals surface area (Å²) in [5.74, 6) is -1.19. The molecule has 1 atom stereocenters. The van der Waals surface area contributed by atoms with Gasteiger partial charge in [0.25, 0.3) is 5.91 Å². The highest BCUT2D eigenvalue weighted by atomic mass is 16.6. The number of benzene rings is 3. The number of anilines is 2. The van der Waals surface area contributed by atoms with Crippen LogP contribution in [-0.2, 0) is 14.3 Å². The van der Waals surface area contributed by atoms with Gasteiger partial charge in [-0.3, -0.25) is 14.4 Å². The molecule has 6 nitrogen and oxygen atoms in total. The van der Waals surface area contributed by atoms with Crippen molar-refractivity contribution in [1.29, 1.82) is 0 Å². The number of rotatable bonds is 4. The molecular formula is C27H26N2O4. The van der Waals surface area contributed by atoms with Crippen LogP contribution in [0.1, 0.15) is 48.9 Å². The minimum atomic E-state index is -0.655. The van der Waals surface area contributed by atoms with E-state index in [-0.39, 0.29) is 24.2 Å². The number of ether oxygens (including phenoxy) is 1. The molecule has 3 aromatic carbocycles. The molecule has 1 spiro atoms. The zero-order valence-electron chi connectivity index (χ0n) is 18.3. The van der Waals surface area contributed by atoms with Crippen LogP contribution in [0.3, 0.4) is 0 Å². The summed E-state index contributed by atoms with van der Waals surface area (Å²) in [5.41, 5.74) is 1.17. The third-order valence-corrected chi connectivity index (χ3v) is 6.79. The maximum atomic E-state index is 13.0. The molecular weight excluding hydrogens is 416 g/mol. The minimum absolute atomic E-state index is 0.122. The van der Waals surface area contributed by atoms with Crippen LogP contribution in [-0.4, -0.2) is 23.4 Å². The fourth-order valence-corrected chi connectivity index (χ4v) is 5.09. The van der Waals surface area contributed by atoms with Gasteiger partial charge in [-0.25, -0.2) is 0 Å². The molecule has 3 aromatic rings. The van der Waals surface area contributed by atoms with E-state index in [2.05, 4.69) is 10.6 Å². The largest absolute Gasteiger partial charge is 0.458 e. The molecule has 1 heterocycles. The van der Waals surface area contributed by atoms with Crippen LogP contribution < -0.4 is 10.6 Å². The summed E-state index contributed by atoms with van der Waals surface area (Å²) in [6, 6.07) is 20.5. The van der Waals surface area contributed by atoms with Crippen molar-refractivity contribution >= 4 is 39.9 Å². The highest BCUT2D eigenvalue weighted by Gasteiger charge is 2.52. The second kappa shape index (κ2) is 8.70. The van der Waals surface area contributed by atoms with Gasteiger partial charge >= 0.3 is 5.97 Å². The first-order chi connectivity index (χ1) is 16.0. The van der Waals surface area contributed by atoms with Gasteiger partial charge < -0.3 is 15.4 Å². The highest BCUT2D eigenvalue weighted by Crippen LogP contribution is 2.44. The third-order valence-electron chi connectivity index (χ3n) is 6.79. The first kappa shape index (κ1) is 21.2. The Kier molecular flexibility index (Phi) is 5.58. The lowest BCUT2D eigenvalue weighted by atomic mass is 9.75. The predicted octanol–water partition coefficient (Wildman–Crippen LogP) is 5.30. The van der Waals surface area contributed by atoms with Gasteiger partial charge in [0.05, 0.1) is 12.3 Å². The number of carbonyl (C=O) groups excluding carboxylic acids is 3. The molecule has 168 valence electrons. The summed E-state index contributed by atoms with van der Waals surface area (Å²) in [6.07, 6.45) is 4.65. The average molecular weight is 443 g/mol. The zero-order chi connectivity index (χ0) is 22.8. The first-order valence-electron chi connectivity index (χ1n) is 11.5. The number of carbonyl (C=O) groups is 3. The van der Waals surface area contributed by atoms with Crippen molar-refractivity contribution in [1.82, 2.24) is 0 Å². The fraction of sp³-hybridized carbons (Fsp3) is 0.296. The van der Waals surface area contributed by atoms with Crippen LogP contribution in [0.25, 0.3) is 10.8 Å². The molecule has 1 saturated carbocycles. The molecule has 1 aliphatic heterocycles. The van der Waals surface area contributed by atoms with Gasteiger partial charge in [-0.15, -0.1) is 0 Å². The molecule has 2 amide bonds. The molecule has 0 unspecified atom stereocenters. The molecule has 0 radical (unpaired) electrons. The predicted molar refractivity (Wildman–Crippen MR) is 127 cm³/mol. The summed E-state index contributed by atoms with van der Waals surface area (Å²) in [5, 5.41) is 7.91. The second-order valence-electron chi connectivity index (χ2n) is 8.90. The summed E-state index contributed by atoms with van der Waals surface area (Å²) in [4.78, 5) is 37.8. The van der Waals surface area contributed by atoms with Crippen LogP contribution >= 0.6 is 0 Å². The van der Waals surface area contributed by atoms with Crippen molar-refractivity contribution in [3.05, 3.63) is 72.3 Å². The average Bonchev–Trinajstić information content (AvgIpc) is 3.15. The molecule has 0 aromatic heterocycles. The Morgan fingerprint density at radius 2 is 1.58 bits per heavy atom. The monoisotopic (exact) mass is 442 g/mol. The molecule has 1 saturated heterocycles. The molecule has 1 aliphatic carbocycles. The lowest BCUT2D eigenvalue weighted by molar-refractivity contribution is -0.153. The summed E-state index contributed by atoms with van der Waals surface area (Å²) < 4.78 is 5.65. The number of fused-ring (bicyclic) bond motifs is 1. The van der Waals surface area contributed by atoms with Crippen molar-refractivity contribution in [2.75, 3.05) is 10.6 Å². The zero-order valence-corrected chi connectivity index (χ0v) is 18.3. The molecule has 2 aliphatic rings. The van der Waals surface area contributed by atoms with Crippen LogP contribution in [0.15, 0.2) is 66.7 Å². The summed E-state index contributed by atoms with van der Waals surface area (Å²) in [7, 11) is 0. The Hall–Kier alpha value is -3.67. The minimum Gasteiger partial charge on any atom is -0.458 e. The lowest BCUT2D eigenvalue weighted by Crippen LogP contribution is -2.43. The van der Waals surface area contributed by atoms with Gasteiger partial charge in [-0.1, -0.05) is 42.8 Å². The maximum Gasteiger partial charge on any atom is 0.307 e. The van der Waals surface area contributed by atoms with Gasteiger partial charge in [0.15, 0.2) is 0 Å². The smallest absolute Gasteiger partial charge is 0.307 e. The lowest BCUT2D eigenvalue weighted by Gasteiger charge is -2.36. The van der Waals surface area contributed by atoms with E-state index >= 15 is 0 Å². The number of esters is 1. The van der Waals surface area contributed by atoms with Gasteiger partial charge in [0.1, 0.15) is 5.60 Å². The highest BCUT2D eigenvalue weighted by molar-refractivity contribution is 6.09. The van der Waals surface area contributed by atoms with Crippen molar-refractivity contribution in [2.45, 2.75) is 44.1 Å². The van der Waals surface area contributed by atoms with Crippen molar-refractivity contribution in [2.24, 2.45) is 5.92 Å². The Morgan fingerprint density at radius 1 is 0.848 bits per heavy atom. The number of hydrogen-bond donors (Lipinski definition) is 2. The van der Waals surface area contributed by atoms with Crippen LogP contribution in [0.5, 0.6) is 0 Å². The van der Waals surface area contributed by atoms with E-state index in [9.17, 15) is 14.4 Å². The molecule has 6 heteroatoms.